The van der Waals surface area contributed by atoms with Crippen LogP contribution in [0.3, 0.4) is 0 Å². The molecule has 114 valence electrons. The molecule has 0 aliphatic carbocycles. The average molecular weight is 408 g/mol. The van der Waals surface area contributed by atoms with E-state index in [1.165, 1.54) is 11.1 Å². The quantitative estimate of drug-likeness (QED) is 0.330. The molecule has 1 aromatic rings. The van der Waals surface area contributed by atoms with E-state index < -0.39 is 8.80 Å². The zero-order valence-electron chi connectivity index (χ0n) is 12.7. The highest BCUT2D eigenvalue weighted by molar-refractivity contribution is 14.1. The molecule has 3 nitrogen and oxygen atoms in total. The monoisotopic (exact) mass is 408 g/mol. The standard InChI is InChI=1S/C15H25IO3Si/c1-4-17-20(18-5-2,19-6-3)11-10-14-8-7-9-15(12-14)13-16/h7-9,12H,4-6,10-11,13H2,1-3H3. The predicted molar refractivity (Wildman–Crippen MR) is 93.3 cm³/mol. The zero-order chi connectivity index (χ0) is 14.8. The van der Waals surface area contributed by atoms with E-state index in [-0.39, 0.29) is 0 Å². The van der Waals surface area contributed by atoms with Crippen LogP contribution < -0.4 is 0 Å². The minimum Gasteiger partial charge on any atom is -0.374 e. The van der Waals surface area contributed by atoms with Crippen molar-refractivity contribution in [2.24, 2.45) is 0 Å². The van der Waals surface area contributed by atoms with E-state index in [2.05, 4.69) is 46.9 Å². The predicted octanol–water partition coefficient (Wildman–Crippen LogP) is 4.21. The summed E-state index contributed by atoms with van der Waals surface area (Å²) in [7, 11) is -2.51. The van der Waals surface area contributed by atoms with Crippen molar-refractivity contribution >= 4 is 31.4 Å². The number of alkyl halides is 1. The molecule has 20 heavy (non-hydrogen) atoms. The average Bonchev–Trinajstić information content (AvgIpc) is 2.46. The summed E-state index contributed by atoms with van der Waals surface area (Å²) in [6, 6.07) is 9.55. The summed E-state index contributed by atoms with van der Waals surface area (Å²) in [6.45, 7) is 7.91. The number of hydrogen-bond donors (Lipinski definition) is 0. The summed E-state index contributed by atoms with van der Waals surface area (Å²) < 4.78 is 18.7. The highest BCUT2D eigenvalue weighted by Gasteiger charge is 2.39. The highest BCUT2D eigenvalue weighted by atomic mass is 127. The lowest BCUT2D eigenvalue weighted by Crippen LogP contribution is -2.46. The van der Waals surface area contributed by atoms with Crippen LogP contribution in [0.2, 0.25) is 6.04 Å². The first kappa shape index (κ1) is 18.1. The molecular formula is C15H25IO3Si. The Labute approximate surface area is 137 Å². The molecule has 0 saturated heterocycles. The zero-order valence-corrected chi connectivity index (χ0v) is 15.8. The molecule has 0 unspecified atom stereocenters. The third kappa shape index (κ3) is 5.81. The van der Waals surface area contributed by atoms with Gasteiger partial charge in [0.2, 0.25) is 0 Å². The Morgan fingerprint density at radius 2 is 1.50 bits per heavy atom. The Balaban J connectivity index is 2.72. The fourth-order valence-electron chi connectivity index (χ4n) is 2.17. The highest BCUT2D eigenvalue weighted by Crippen LogP contribution is 2.20. The molecule has 0 aliphatic rings. The lowest BCUT2D eigenvalue weighted by Gasteiger charge is -2.28. The molecule has 1 rings (SSSR count). The van der Waals surface area contributed by atoms with Gasteiger partial charge in [-0.1, -0.05) is 46.9 Å². The topological polar surface area (TPSA) is 27.7 Å². The van der Waals surface area contributed by atoms with Gasteiger partial charge in [-0.05, 0) is 38.3 Å². The number of hydrogen-bond acceptors (Lipinski definition) is 3. The van der Waals surface area contributed by atoms with E-state index in [0.717, 1.165) is 16.9 Å². The largest absolute Gasteiger partial charge is 0.501 e. The van der Waals surface area contributed by atoms with Crippen molar-refractivity contribution in [3.63, 3.8) is 0 Å². The van der Waals surface area contributed by atoms with E-state index >= 15 is 0 Å². The summed E-state index contributed by atoms with van der Waals surface area (Å²) in [5.41, 5.74) is 2.69. The van der Waals surface area contributed by atoms with Gasteiger partial charge in [-0.15, -0.1) is 0 Å². The lowest BCUT2D eigenvalue weighted by molar-refractivity contribution is 0.0714. The Kier molecular flexibility index (Phi) is 8.95. The molecule has 0 amide bonds. The Bertz CT molecular complexity index is 370. The fourth-order valence-corrected chi connectivity index (χ4v) is 5.24. The summed E-state index contributed by atoms with van der Waals surface area (Å²) in [5.74, 6) is 0. The van der Waals surface area contributed by atoms with Crippen LogP contribution in [0, 0.1) is 0 Å². The van der Waals surface area contributed by atoms with Gasteiger partial charge in [0.15, 0.2) is 0 Å². The number of benzene rings is 1. The van der Waals surface area contributed by atoms with Crippen molar-refractivity contribution in [2.75, 3.05) is 19.8 Å². The van der Waals surface area contributed by atoms with Crippen molar-refractivity contribution < 1.29 is 13.3 Å². The molecule has 0 N–H and O–H groups in total. The molecular weight excluding hydrogens is 383 g/mol. The lowest BCUT2D eigenvalue weighted by atomic mass is 10.1. The van der Waals surface area contributed by atoms with Crippen LogP contribution in [0.1, 0.15) is 31.9 Å². The molecule has 0 saturated carbocycles. The molecule has 0 heterocycles. The maximum absolute atomic E-state index is 5.88. The first-order valence-corrected chi connectivity index (χ1v) is 10.7. The third-order valence-corrected chi connectivity index (χ3v) is 6.89. The molecule has 0 fully saturated rings. The second kappa shape index (κ2) is 9.89. The molecule has 0 atom stereocenters. The van der Waals surface area contributed by atoms with Gasteiger partial charge in [-0.25, -0.2) is 0 Å². The van der Waals surface area contributed by atoms with Gasteiger partial charge in [0.25, 0.3) is 0 Å². The van der Waals surface area contributed by atoms with Crippen molar-refractivity contribution in [1.82, 2.24) is 0 Å². The van der Waals surface area contributed by atoms with Crippen molar-refractivity contribution in [1.29, 1.82) is 0 Å². The minimum atomic E-state index is -2.51. The van der Waals surface area contributed by atoms with E-state index in [0.29, 0.717) is 19.8 Å². The van der Waals surface area contributed by atoms with E-state index in [9.17, 15) is 0 Å². The number of aryl methyl sites for hydroxylation is 1. The van der Waals surface area contributed by atoms with Gasteiger partial charge >= 0.3 is 8.80 Å². The Morgan fingerprint density at radius 1 is 0.950 bits per heavy atom. The maximum atomic E-state index is 5.88. The first-order chi connectivity index (χ1) is 9.69. The molecule has 0 bridgehead atoms. The molecule has 1 aromatic carbocycles. The second-order valence-corrected chi connectivity index (χ2v) is 7.93. The Hall–Kier alpha value is 0.0469. The summed E-state index contributed by atoms with van der Waals surface area (Å²) >= 11 is 2.39. The van der Waals surface area contributed by atoms with Crippen molar-refractivity contribution in [2.45, 2.75) is 37.7 Å². The SMILES string of the molecule is CCO[Si](CCc1cccc(CI)c1)(OCC)OCC. The molecule has 0 aromatic heterocycles. The molecule has 0 radical (unpaired) electrons. The van der Waals surface area contributed by atoms with E-state index in [4.69, 9.17) is 13.3 Å². The van der Waals surface area contributed by atoms with Crippen LogP contribution in [0.25, 0.3) is 0 Å². The fraction of sp³-hybridized carbons (Fsp3) is 0.600. The molecule has 0 aliphatic heterocycles. The van der Waals surface area contributed by atoms with Gasteiger partial charge in [0.05, 0.1) is 0 Å². The third-order valence-electron chi connectivity index (χ3n) is 2.96. The first-order valence-electron chi connectivity index (χ1n) is 7.25. The van der Waals surface area contributed by atoms with Crippen molar-refractivity contribution in [3.8, 4) is 0 Å². The minimum absolute atomic E-state index is 0.639. The van der Waals surface area contributed by atoms with Crippen LogP contribution in [0.5, 0.6) is 0 Å². The van der Waals surface area contributed by atoms with Crippen LogP contribution in [0.15, 0.2) is 24.3 Å². The van der Waals surface area contributed by atoms with Gasteiger partial charge in [-0.3, -0.25) is 0 Å². The number of halogens is 1. The van der Waals surface area contributed by atoms with Gasteiger partial charge < -0.3 is 13.3 Å². The smallest absolute Gasteiger partial charge is 0.374 e. The summed E-state index contributed by atoms with van der Waals surface area (Å²) in [5, 5.41) is 0. The number of rotatable bonds is 10. The van der Waals surface area contributed by atoms with Crippen LogP contribution in [0.4, 0.5) is 0 Å². The van der Waals surface area contributed by atoms with Crippen LogP contribution in [-0.2, 0) is 24.1 Å². The van der Waals surface area contributed by atoms with E-state index in [1.807, 2.05) is 20.8 Å². The summed E-state index contributed by atoms with van der Waals surface area (Å²) in [4.78, 5) is 0. The Morgan fingerprint density at radius 3 is 2.00 bits per heavy atom. The summed E-state index contributed by atoms with van der Waals surface area (Å²) in [6.07, 6.45) is 0.941. The normalized spacial score (nSPS) is 11.8. The molecule has 5 heteroatoms. The maximum Gasteiger partial charge on any atom is 0.501 e. The van der Waals surface area contributed by atoms with E-state index in [1.54, 1.807) is 0 Å². The van der Waals surface area contributed by atoms with Crippen LogP contribution in [-0.4, -0.2) is 28.6 Å². The molecule has 0 spiro atoms. The van der Waals surface area contributed by atoms with Gasteiger partial charge in [-0.2, -0.15) is 0 Å². The van der Waals surface area contributed by atoms with Crippen molar-refractivity contribution in [3.05, 3.63) is 35.4 Å². The van der Waals surface area contributed by atoms with Gasteiger partial charge in [0, 0.05) is 30.3 Å². The second-order valence-electron chi connectivity index (χ2n) is 4.44. The van der Waals surface area contributed by atoms with Crippen LogP contribution >= 0.6 is 22.6 Å². The van der Waals surface area contributed by atoms with Gasteiger partial charge in [0.1, 0.15) is 0 Å².